The number of hydrogen-bond acceptors (Lipinski definition) is 9. The average molecular weight is 647 g/mol. The zero-order valence-electron chi connectivity index (χ0n) is 25.3. The van der Waals surface area contributed by atoms with Crippen molar-refractivity contribution >= 4 is 41.3 Å². The Labute approximate surface area is 280 Å². The van der Waals surface area contributed by atoms with E-state index in [4.69, 9.17) is 14.5 Å². The number of hydrogen-bond donors (Lipinski definition) is 0. The monoisotopic (exact) mass is 646 g/mol. The Bertz CT molecular complexity index is 2130. The highest BCUT2D eigenvalue weighted by Gasteiger charge is 2.14. The molecule has 0 N–H and O–H groups in total. The van der Waals surface area contributed by atoms with Crippen molar-refractivity contribution in [2.75, 3.05) is 4.90 Å². The van der Waals surface area contributed by atoms with Gasteiger partial charge in [-0.1, -0.05) is 48.5 Å². The molecule has 0 bridgehead atoms. The maximum Gasteiger partial charge on any atom is 0.298 e. The summed E-state index contributed by atoms with van der Waals surface area (Å²) in [6, 6.07) is 43.7. The van der Waals surface area contributed by atoms with E-state index in [1.807, 2.05) is 48.5 Å². The maximum absolute atomic E-state index is 11.1. The van der Waals surface area contributed by atoms with Gasteiger partial charge in [-0.2, -0.15) is 0 Å². The van der Waals surface area contributed by atoms with Gasteiger partial charge in [-0.05, 0) is 72.3 Å². The molecule has 0 fully saturated rings. The van der Waals surface area contributed by atoms with Crippen LogP contribution < -0.4 is 14.4 Å². The zero-order valence-corrected chi connectivity index (χ0v) is 26.2. The molecule has 0 aliphatic heterocycles. The fourth-order valence-electron chi connectivity index (χ4n) is 5.29. The third-order valence-corrected chi connectivity index (χ3v) is 8.70. The van der Waals surface area contributed by atoms with Crippen LogP contribution in [0.25, 0.3) is 43.7 Å². The zero-order chi connectivity index (χ0) is 32.7. The molecule has 0 atom stereocenters. The standard InChI is InChI=1S/C39H26N4O4S/c44-25-46-32-19-20-40-35(21-32)37-23-33(47-26-45)22-36(42-37)34-16-13-28(24-41-34)39-18-17-38(48-39)27-11-14-31(15-12-27)43(29-7-3-1-4-8-29)30-9-5-2-6-10-30/h1-26H. The minimum atomic E-state index is 0.281. The van der Waals surface area contributed by atoms with Crippen molar-refractivity contribution in [2.24, 2.45) is 0 Å². The Kier molecular flexibility index (Phi) is 8.75. The molecule has 0 amide bonds. The van der Waals surface area contributed by atoms with Gasteiger partial charge in [0.15, 0.2) is 0 Å². The van der Waals surface area contributed by atoms with Gasteiger partial charge in [-0.3, -0.25) is 19.6 Å². The predicted octanol–water partition coefficient (Wildman–Crippen LogP) is 9.14. The minimum absolute atomic E-state index is 0.281. The van der Waals surface area contributed by atoms with E-state index in [0.717, 1.165) is 37.9 Å². The Hall–Kier alpha value is -6.45. The van der Waals surface area contributed by atoms with Crippen LogP contribution in [0, 0.1) is 0 Å². The number of para-hydroxylation sites is 2. The van der Waals surface area contributed by atoms with Crippen molar-refractivity contribution in [1.82, 2.24) is 15.0 Å². The van der Waals surface area contributed by atoms with Crippen molar-refractivity contribution < 1.29 is 19.1 Å². The maximum atomic E-state index is 11.1. The highest BCUT2D eigenvalue weighted by Crippen LogP contribution is 2.38. The molecule has 3 aromatic carbocycles. The Morgan fingerprint density at radius 1 is 0.521 bits per heavy atom. The molecule has 0 spiro atoms. The summed E-state index contributed by atoms with van der Waals surface area (Å²) < 4.78 is 10.1. The number of pyridine rings is 3. The molecule has 0 aliphatic rings. The Morgan fingerprint density at radius 3 is 1.71 bits per heavy atom. The van der Waals surface area contributed by atoms with Gasteiger partial charge in [-0.25, -0.2) is 4.98 Å². The fourth-order valence-corrected chi connectivity index (χ4v) is 6.29. The molecule has 0 radical (unpaired) electrons. The smallest absolute Gasteiger partial charge is 0.298 e. The number of anilines is 3. The second-order valence-electron chi connectivity index (χ2n) is 10.5. The molecule has 0 saturated heterocycles. The molecule has 232 valence electrons. The summed E-state index contributed by atoms with van der Waals surface area (Å²) in [6.07, 6.45) is 3.31. The quantitative estimate of drug-likeness (QED) is 0.128. The minimum Gasteiger partial charge on any atom is -0.429 e. The largest absolute Gasteiger partial charge is 0.429 e. The van der Waals surface area contributed by atoms with Crippen LogP contribution in [0.3, 0.4) is 0 Å². The van der Waals surface area contributed by atoms with Gasteiger partial charge in [0.1, 0.15) is 11.5 Å². The third-order valence-electron chi connectivity index (χ3n) is 7.52. The average Bonchev–Trinajstić information content (AvgIpc) is 3.64. The summed E-state index contributed by atoms with van der Waals surface area (Å²) in [5.41, 5.74) is 7.30. The van der Waals surface area contributed by atoms with E-state index >= 15 is 0 Å². The Morgan fingerprint density at radius 2 is 1.08 bits per heavy atom. The fraction of sp³-hybridized carbons (Fsp3) is 0. The summed E-state index contributed by atoms with van der Waals surface area (Å²) >= 11 is 1.69. The number of carbonyl (C=O) groups is 2. The summed E-state index contributed by atoms with van der Waals surface area (Å²) in [5.74, 6) is 0.596. The molecule has 9 heteroatoms. The van der Waals surface area contributed by atoms with E-state index in [1.165, 1.54) is 6.20 Å². The van der Waals surface area contributed by atoms with Crippen molar-refractivity contribution in [3.8, 4) is 55.2 Å². The molecule has 4 aromatic heterocycles. The predicted molar refractivity (Wildman–Crippen MR) is 188 cm³/mol. The van der Waals surface area contributed by atoms with Crippen molar-refractivity contribution in [3.63, 3.8) is 0 Å². The summed E-state index contributed by atoms with van der Waals surface area (Å²) in [6.45, 7) is 0.692. The molecule has 4 heterocycles. The normalized spacial score (nSPS) is 10.7. The van der Waals surface area contributed by atoms with Crippen LogP contribution in [0.5, 0.6) is 11.5 Å². The summed E-state index contributed by atoms with van der Waals surface area (Å²) in [4.78, 5) is 40.1. The van der Waals surface area contributed by atoms with E-state index in [9.17, 15) is 9.59 Å². The van der Waals surface area contributed by atoms with Crippen LogP contribution in [0.15, 0.2) is 146 Å². The first-order chi connectivity index (χ1) is 23.7. The van der Waals surface area contributed by atoms with E-state index in [1.54, 1.807) is 41.8 Å². The molecule has 0 saturated carbocycles. The highest BCUT2D eigenvalue weighted by atomic mass is 32.1. The van der Waals surface area contributed by atoms with Gasteiger partial charge in [0.25, 0.3) is 12.9 Å². The summed E-state index contributed by atoms with van der Waals surface area (Å²) in [7, 11) is 0. The SMILES string of the molecule is O=COc1ccnc(-c2cc(OC=O)cc(-c3ccc(-c4ccc(-c5ccc(N(c6ccccc6)c6ccccc6)cc5)s4)cn3)n2)c1. The highest BCUT2D eigenvalue weighted by molar-refractivity contribution is 7.18. The first-order valence-electron chi connectivity index (χ1n) is 14.9. The first-order valence-corrected chi connectivity index (χ1v) is 15.8. The van der Waals surface area contributed by atoms with E-state index in [0.29, 0.717) is 41.5 Å². The molecular weight excluding hydrogens is 621 g/mol. The van der Waals surface area contributed by atoms with Crippen LogP contribution in [-0.2, 0) is 9.59 Å². The van der Waals surface area contributed by atoms with E-state index in [-0.39, 0.29) is 5.75 Å². The lowest BCUT2D eigenvalue weighted by molar-refractivity contribution is -0.121. The number of aromatic nitrogens is 3. The number of thiophene rings is 1. The second kappa shape index (κ2) is 13.9. The van der Waals surface area contributed by atoms with Gasteiger partial charge in [0, 0.05) is 63.0 Å². The van der Waals surface area contributed by atoms with Crippen molar-refractivity contribution in [2.45, 2.75) is 0 Å². The molecule has 8 nitrogen and oxygen atoms in total. The summed E-state index contributed by atoms with van der Waals surface area (Å²) in [5, 5.41) is 0. The molecule has 7 rings (SSSR count). The number of carbonyl (C=O) groups excluding carboxylic acids is 2. The van der Waals surface area contributed by atoms with Crippen LogP contribution in [0.2, 0.25) is 0 Å². The van der Waals surface area contributed by atoms with Gasteiger partial charge in [0.2, 0.25) is 0 Å². The van der Waals surface area contributed by atoms with Crippen molar-refractivity contribution in [3.05, 3.63) is 146 Å². The molecule has 0 aliphatic carbocycles. The van der Waals surface area contributed by atoms with Crippen LogP contribution in [0.1, 0.15) is 0 Å². The third kappa shape index (κ3) is 6.57. The number of benzene rings is 3. The van der Waals surface area contributed by atoms with Crippen LogP contribution >= 0.6 is 11.3 Å². The number of nitrogens with zero attached hydrogens (tertiary/aromatic N) is 4. The first kappa shape index (κ1) is 30.2. The molecule has 48 heavy (non-hydrogen) atoms. The van der Waals surface area contributed by atoms with E-state index < -0.39 is 0 Å². The number of rotatable bonds is 11. The number of ether oxygens (including phenoxy) is 2. The molecular formula is C39H26N4O4S. The molecule has 0 unspecified atom stereocenters. The lowest BCUT2D eigenvalue weighted by Crippen LogP contribution is -2.09. The van der Waals surface area contributed by atoms with Gasteiger partial charge in [0.05, 0.1) is 22.8 Å². The molecule has 7 aromatic rings. The van der Waals surface area contributed by atoms with Crippen LogP contribution in [-0.4, -0.2) is 27.9 Å². The topological polar surface area (TPSA) is 94.5 Å². The van der Waals surface area contributed by atoms with Crippen molar-refractivity contribution in [1.29, 1.82) is 0 Å². The van der Waals surface area contributed by atoms with Crippen LogP contribution in [0.4, 0.5) is 17.1 Å². The Balaban J connectivity index is 1.13. The van der Waals surface area contributed by atoms with Gasteiger partial charge < -0.3 is 14.4 Å². The van der Waals surface area contributed by atoms with Gasteiger partial charge in [-0.15, -0.1) is 11.3 Å². The lowest BCUT2D eigenvalue weighted by Gasteiger charge is -2.25. The lowest BCUT2D eigenvalue weighted by atomic mass is 10.1. The van der Waals surface area contributed by atoms with Gasteiger partial charge >= 0.3 is 0 Å². The second-order valence-corrected chi connectivity index (χ2v) is 11.6. The van der Waals surface area contributed by atoms with E-state index in [2.05, 4.69) is 75.5 Å².